The van der Waals surface area contributed by atoms with Crippen molar-refractivity contribution >= 4 is 14.6 Å². The van der Waals surface area contributed by atoms with Gasteiger partial charge in [0.25, 0.3) is 0 Å². The zero-order chi connectivity index (χ0) is 21.3. The van der Waals surface area contributed by atoms with Gasteiger partial charge in [-0.2, -0.15) is 0 Å². The van der Waals surface area contributed by atoms with E-state index in [1.165, 1.54) is 6.07 Å². The molecule has 2 rings (SSSR count). The molecule has 1 N–H and O–H groups in total. The van der Waals surface area contributed by atoms with Crippen molar-refractivity contribution in [3.63, 3.8) is 0 Å². The van der Waals surface area contributed by atoms with Crippen molar-refractivity contribution in [3.8, 4) is 11.5 Å². The lowest BCUT2D eigenvalue weighted by Crippen LogP contribution is -2.58. The number of benzene rings is 2. The molecule has 2 aromatic rings. The Morgan fingerprint density at radius 1 is 0.931 bits per heavy atom. The number of phenols is 1. The quantitative estimate of drug-likeness (QED) is 0.408. The summed E-state index contributed by atoms with van der Waals surface area (Å²) in [6.07, 6.45) is 0.609. The minimum absolute atomic E-state index is 0.136. The molecule has 7 heteroatoms. The van der Waals surface area contributed by atoms with E-state index in [1.54, 1.807) is 36.4 Å². The summed E-state index contributed by atoms with van der Waals surface area (Å²) in [4.78, 5) is 12.6. The molecule has 0 heterocycles. The molecule has 158 valence electrons. The maximum absolute atomic E-state index is 12.6. The monoisotopic (exact) mass is 418 g/mol. The molecule has 2 aromatic carbocycles. The van der Waals surface area contributed by atoms with Crippen molar-refractivity contribution in [1.29, 1.82) is 0 Å². The number of rotatable bonds is 12. The first-order valence-corrected chi connectivity index (χ1v) is 11.8. The Hall–Kier alpha value is -2.19. The van der Waals surface area contributed by atoms with E-state index in [0.717, 1.165) is 0 Å². The van der Waals surface area contributed by atoms with Gasteiger partial charge in [0.05, 0.1) is 5.56 Å². The molecule has 0 radical (unpaired) electrons. The van der Waals surface area contributed by atoms with Gasteiger partial charge in [0.2, 0.25) is 0 Å². The second kappa shape index (κ2) is 11.1. The Bertz CT molecular complexity index is 763. The van der Waals surface area contributed by atoms with Gasteiger partial charge in [0.1, 0.15) is 11.5 Å². The van der Waals surface area contributed by atoms with Gasteiger partial charge in [0.15, 0.2) is 11.5 Å². The smallest absolute Gasteiger partial charge is 0.507 e. The van der Waals surface area contributed by atoms with E-state index in [2.05, 4.69) is 0 Å². The van der Waals surface area contributed by atoms with Gasteiger partial charge in [-0.25, -0.2) is 0 Å². The summed E-state index contributed by atoms with van der Waals surface area (Å²) in [6.45, 7) is 8.98. The SMILES string of the molecule is CCO[Si](OCC)(OCC)C(CC)Oc1ccc(C(=O)c2ccccc2)c(O)c1. The summed E-state index contributed by atoms with van der Waals surface area (Å²) in [6, 6.07) is 13.5. The lowest BCUT2D eigenvalue weighted by atomic mass is 10.0. The Morgan fingerprint density at radius 2 is 1.52 bits per heavy atom. The normalized spacial score (nSPS) is 12.6. The Morgan fingerprint density at radius 3 is 2.00 bits per heavy atom. The third kappa shape index (κ3) is 5.67. The van der Waals surface area contributed by atoms with Crippen LogP contribution in [-0.2, 0) is 13.3 Å². The Balaban J connectivity index is 2.27. The first-order chi connectivity index (χ1) is 14.0. The van der Waals surface area contributed by atoms with Crippen LogP contribution in [0.15, 0.2) is 48.5 Å². The lowest BCUT2D eigenvalue weighted by molar-refractivity contribution is 0.0282. The van der Waals surface area contributed by atoms with Crippen molar-refractivity contribution in [1.82, 2.24) is 0 Å². The van der Waals surface area contributed by atoms with Gasteiger partial charge in [0, 0.05) is 31.5 Å². The molecule has 6 nitrogen and oxygen atoms in total. The van der Waals surface area contributed by atoms with E-state index < -0.39 is 14.5 Å². The molecular weight excluding hydrogens is 388 g/mol. The van der Waals surface area contributed by atoms with Crippen molar-refractivity contribution in [2.75, 3.05) is 19.8 Å². The van der Waals surface area contributed by atoms with Crippen LogP contribution < -0.4 is 4.74 Å². The molecule has 0 saturated heterocycles. The van der Waals surface area contributed by atoms with Crippen LogP contribution in [0.4, 0.5) is 0 Å². The number of phenolic OH excluding ortho intramolecular Hbond substituents is 1. The van der Waals surface area contributed by atoms with Gasteiger partial charge in [-0.05, 0) is 39.3 Å². The van der Waals surface area contributed by atoms with Crippen molar-refractivity contribution in [3.05, 3.63) is 59.7 Å². The highest BCUT2D eigenvalue weighted by molar-refractivity contribution is 6.62. The zero-order valence-corrected chi connectivity index (χ0v) is 18.5. The summed E-state index contributed by atoms with van der Waals surface area (Å²) in [5.74, 6) is 0.0426. The highest BCUT2D eigenvalue weighted by Gasteiger charge is 2.50. The van der Waals surface area contributed by atoms with Gasteiger partial charge >= 0.3 is 8.80 Å². The second-order valence-corrected chi connectivity index (χ2v) is 9.01. The summed E-state index contributed by atoms with van der Waals surface area (Å²) >= 11 is 0. The maximum Gasteiger partial charge on any atom is 0.543 e. The van der Waals surface area contributed by atoms with Crippen molar-refractivity contribution in [2.24, 2.45) is 0 Å². The van der Waals surface area contributed by atoms with Gasteiger partial charge in [-0.3, -0.25) is 4.79 Å². The van der Waals surface area contributed by atoms with Crippen molar-refractivity contribution in [2.45, 2.75) is 39.8 Å². The average Bonchev–Trinajstić information content (AvgIpc) is 2.72. The van der Waals surface area contributed by atoms with E-state index in [4.69, 9.17) is 18.0 Å². The molecule has 0 fully saturated rings. The second-order valence-electron chi connectivity index (χ2n) is 6.29. The predicted octanol–water partition coefficient (Wildman–Crippen LogP) is 4.37. The van der Waals surface area contributed by atoms with Gasteiger partial charge in [-0.15, -0.1) is 0 Å². The molecule has 0 aromatic heterocycles. The minimum Gasteiger partial charge on any atom is -0.507 e. The first kappa shape index (κ1) is 23.1. The summed E-state index contributed by atoms with van der Waals surface area (Å²) in [5.41, 5.74) is 0.301. The Kier molecular flexibility index (Phi) is 8.85. The zero-order valence-electron chi connectivity index (χ0n) is 17.5. The minimum atomic E-state index is -3.08. The number of ether oxygens (including phenoxy) is 1. The first-order valence-electron chi connectivity index (χ1n) is 10.0. The third-order valence-electron chi connectivity index (χ3n) is 4.33. The fourth-order valence-corrected chi connectivity index (χ4v) is 5.89. The molecular formula is C22H30O6Si. The summed E-state index contributed by atoms with van der Waals surface area (Å²) in [5, 5.41) is 10.4. The van der Waals surface area contributed by atoms with Gasteiger partial charge in [-0.1, -0.05) is 37.3 Å². The van der Waals surface area contributed by atoms with E-state index in [0.29, 0.717) is 37.6 Å². The van der Waals surface area contributed by atoms with Crippen LogP contribution in [-0.4, -0.2) is 45.2 Å². The number of hydrogen-bond acceptors (Lipinski definition) is 6. The lowest BCUT2D eigenvalue weighted by Gasteiger charge is -2.34. The molecule has 0 bridgehead atoms. The molecule has 1 atom stereocenters. The van der Waals surface area contributed by atoms with E-state index >= 15 is 0 Å². The van der Waals surface area contributed by atoms with Crippen LogP contribution in [0.5, 0.6) is 11.5 Å². The molecule has 29 heavy (non-hydrogen) atoms. The van der Waals surface area contributed by atoms with Crippen LogP contribution in [0.3, 0.4) is 0 Å². The molecule has 0 amide bonds. The third-order valence-corrected chi connectivity index (χ3v) is 7.72. The number of aromatic hydroxyl groups is 1. The molecule has 0 aliphatic carbocycles. The van der Waals surface area contributed by atoms with E-state index in [1.807, 2.05) is 33.8 Å². The van der Waals surface area contributed by atoms with E-state index in [9.17, 15) is 9.90 Å². The number of ketones is 1. The van der Waals surface area contributed by atoms with Crippen LogP contribution in [0.1, 0.15) is 50.0 Å². The average molecular weight is 419 g/mol. The summed E-state index contributed by atoms with van der Waals surface area (Å²) < 4.78 is 23.9. The highest BCUT2D eigenvalue weighted by Crippen LogP contribution is 2.29. The van der Waals surface area contributed by atoms with Crippen molar-refractivity contribution < 1.29 is 27.9 Å². The number of hydrogen-bond donors (Lipinski definition) is 1. The van der Waals surface area contributed by atoms with Gasteiger partial charge < -0.3 is 23.1 Å². The standard InChI is InChI=1S/C22H30O6Si/c1-5-21(29(25-6-2,26-7-3)27-8-4)28-18-14-15-19(20(23)16-18)22(24)17-12-10-9-11-13-17/h9-16,21,23H,5-8H2,1-4H3. The fraction of sp³-hybridized carbons (Fsp3) is 0.409. The maximum atomic E-state index is 12.6. The molecule has 0 saturated carbocycles. The number of carbonyl (C=O) groups excluding carboxylic acids is 1. The highest BCUT2D eigenvalue weighted by atomic mass is 28.4. The fourth-order valence-electron chi connectivity index (χ4n) is 3.10. The predicted molar refractivity (Wildman–Crippen MR) is 113 cm³/mol. The van der Waals surface area contributed by atoms with Crippen LogP contribution in [0, 0.1) is 0 Å². The van der Waals surface area contributed by atoms with E-state index in [-0.39, 0.29) is 17.1 Å². The van der Waals surface area contributed by atoms with Crippen LogP contribution >= 0.6 is 0 Å². The number of carbonyl (C=O) groups is 1. The topological polar surface area (TPSA) is 74.2 Å². The Labute approximate surface area is 173 Å². The molecule has 0 spiro atoms. The van der Waals surface area contributed by atoms with Crippen LogP contribution in [0.25, 0.3) is 0 Å². The largest absolute Gasteiger partial charge is 0.543 e. The molecule has 0 aliphatic rings. The molecule has 1 unspecified atom stereocenters. The molecule has 0 aliphatic heterocycles. The summed E-state index contributed by atoms with van der Waals surface area (Å²) in [7, 11) is -3.08. The van der Waals surface area contributed by atoms with Crippen LogP contribution in [0.2, 0.25) is 0 Å².